The van der Waals surface area contributed by atoms with Crippen LogP contribution in [0.4, 0.5) is 4.39 Å². The van der Waals surface area contributed by atoms with E-state index in [2.05, 4.69) is 29.4 Å². The molecule has 2 nitrogen and oxygen atoms in total. The van der Waals surface area contributed by atoms with E-state index in [0.29, 0.717) is 0 Å². The molecule has 0 bridgehead atoms. The second kappa shape index (κ2) is 4.27. The lowest BCUT2D eigenvalue weighted by atomic mass is 9.81. The molecule has 0 aliphatic carbocycles. The summed E-state index contributed by atoms with van der Waals surface area (Å²) in [5.41, 5.74) is 2.56. The van der Waals surface area contributed by atoms with E-state index in [1.54, 1.807) is 12.1 Å². The van der Waals surface area contributed by atoms with Gasteiger partial charge >= 0.3 is 0 Å². The molecule has 2 aliphatic heterocycles. The molecule has 3 heteroatoms. The Morgan fingerprint density at radius 3 is 2.75 bits per heavy atom. The summed E-state index contributed by atoms with van der Waals surface area (Å²) in [7, 11) is 2.17. The molecule has 2 aromatic rings. The Labute approximate surface area is 118 Å². The molecule has 0 aromatic heterocycles. The molecular formula is C17H19FN2. The molecule has 0 atom stereocenters. The summed E-state index contributed by atoms with van der Waals surface area (Å²) in [6.07, 6.45) is 2.22. The third kappa shape index (κ3) is 1.63. The number of piperidine rings is 1. The Hall–Kier alpha value is -1.45. The standard InChI is InChI=1S/C17H19FN2/c1-20-9-7-17(8-10-20)14-6-5-12-3-2-4-15(18)16(12)13(14)11-19-17/h2-6,19H,7-11H2,1H3. The second-order valence-electron chi connectivity index (χ2n) is 6.17. The SMILES string of the molecule is CN1CCC2(CC1)NCc1c2ccc2cccc(F)c12. The summed E-state index contributed by atoms with van der Waals surface area (Å²) < 4.78 is 14.2. The maximum atomic E-state index is 14.2. The molecule has 20 heavy (non-hydrogen) atoms. The second-order valence-corrected chi connectivity index (χ2v) is 6.17. The topological polar surface area (TPSA) is 15.3 Å². The molecule has 104 valence electrons. The van der Waals surface area contributed by atoms with Crippen LogP contribution in [0.25, 0.3) is 10.8 Å². The van der Waals surface area contributed by atoms with Gasteiger partial charge in [0.25, 0.3) is 0 Å². The van der Waals surface area contributed by atoms with Gasteiger partial charge in [0.15, 0.2) is 0 Å². The zero-order valence-corrected chi connectivity index (χ0v) is 11.7. The third-order valence-electron chi connectivity index (χ3n) is 5.06. The van der Waals surface area contributed by atoms with Crippen LogP contribution in [0.15, 0.2) is 30.3 Å². The van der Waals surface area contributed by atoms with Gasteiger partial charge in [-0.3, -0.25) is 0 Å². The molecule has 1 N–H and O–H groups in total. The van der Waals surface area contributed by atoms with E-state index >= 15 is 0 Å². The van der Waals surface area contributed by atoms with E-state index in [-0.39, 0.29) is 11.4 Å². The summed E-state index contributed by atoms with van der Waals surface area (Å²) >= 11 is 0. The van der Waals surface area contributed by atoms with Crippen LogP contribution in [-0.2, 0) is 12.1 Å². The number of nitrogens with zero attached hydrogens (tertiary/aromatic N) is 1. The van der Waals surface area contributed by atoms with Crippen LogP contribution >= 0.6 is 0 Å². The highest BCUT2D eigenvalue weighted by atomic mass is 19.1. The summed E-state index contributed by atoms with van der Waals surface area (Å²) in [5, 5.41) is 5.51. The first-order valence-corrected chi connectivity index (χ1v) is 7.34. The highest BCUT2D eigenvalue weighted by Crippen LogP contribution is 2.42. The van der Waals surface area contributed by atoms with E-state index in [9.17, 15) is 4.39 Å². The molecule has 2 heterocycles. The minimum Gasteiger partial charge on any atom is -0.306 e. The van der Waals surface area contributed by atoms with Crippen molar-refractivity contribution in [3.05, 3.63) is 47.3 Å². The van der Waals surface area contributed by atoms with Crippen LogP contribution < -0.4 is 5.32 Å². The normalized spacial score (nSPS) is 21.5. The van der Waals surface area contributed by atoms with Crippen molar-refractivity contribution in [2.75, 3.05) is 20.1 Å². The van der Waals surface area contributed by atoms with Crippen molar-refractivity contribution in [3.8, 4) is 0 Å². The molecular weight excluding hydrogens is 251 g/mol. The molecule has 2 aliphatic rings. The average Bonchev–Trinajstić information content (AvgIpc) is 2.82. The number of hydrogen-bond acceptors (Lipinski definition) is 2. The fraction of sp³-hybridized carbons (Fsp3) is 0.412. The number of fused-ring (bicyclic) bond motifs is 4. The largest absolute Gasteiger partial charge is 0.306 e. The van der Waals surface area contributed by atoms with Crippen LogP contribution in [0.3, 0.4) is 0 Å². The summed E-state index contributed by atoms with van der Waals surface area (Å²) in [6.45, 7) is 2.99. The van der Waals surface area contributed by atoms with Crippen molar-refractivity contribution < 1.29 is 4.39 Å². The Morgan fingerprint density at radius 2 is 1.95 bits per heavy atom. The van der Waals surface area contributed by atoms with E-state index in [1.165, 1.54) is 11.1 Å². The molecule has 0 amide bonds. The van der Waals surface area contributed by atoms with Gasteiger partial charge in [0.1, 0.15) is 5.82 Å². The van der Waals surface area contributed by atoms with E-state index in [4.69, 9.17) is 0 Å². The summed E-state index contributed by atoms with van der Waals surface area (Å²) in [6, 6.07) is 9.64. The quantitative estimate of drug-likeness (QED) is 0.791. The highest BCUT2D eigenvalue weighted by Gasteiger charge is 2.41. The van der Waals surface area contributed by atoms with Crippen molar-refractivity contribution in [1.82, 2.24) is 10.2 Å². The van der Waals surface area contributed by atoms with Gasteiger partial charge in [-0.2, -0.15) is 0 Å². The Bertz CT molecular complexity index is 672. The molecule has 1 saturated heterocycles. The predicted octanol–water partition coefficient (Wildman–Crippen LogP) is 3.00. The van der Waals surface area contributed by atoms with Gasteiger partial charge in [-0.25, -0.2) is 4.39 Å². The van der Waals surface area contributed by atoms with Crippen molar-refractivity contribution in [3.63, 3.8) is 0 Å². The summed E-state index contributed by atoms with van der Waals surface area (Å²) in [4.78, 5) is 2.37. The molecule has 1 spiro atoms. The fourth-order valence-electron chi connectivity index (χ4n) is 3.84. The van der Waals surface area contributed by atoms with Crippen LogP contribution in [-0.4, -0.2) is 25.0 Å². The fourth-order valence-corrected chi connectivity index (χ4v) is 3.84. The van der Waals surface area contributed by atoms with Gasteiger partial charge < -0.3 is 10.2 Å². The maximum absolute atomic E-state index is 14.2. The average molecular weight is 270 g/mol. The van der Waals surface area contributed by atoms with Gasteiger partial charge in [0.2, 0.25) is 0 Å². The number of hydrogen-bond donors (Lipinski definition) is 1. The number of benzene rings is 2. The number of likely N-dealkylation sites (tertiary alicyclic amines) is 1. The van der Waals surface area contributed by atoms with Crippen molar-refractivity contribution >= 4 is 10.8 Å². The number of halogens is 1. The number of rotatable bonds is 0. The number of nitrogens with one attached hydrogen (secondary N) is 1. The van der Waals surface area contributed by atoms with Gasteiger partial charge in [0, 0.05) is 17.5 Å². The van der Waals surface area contributed by atoms with Crippen LogP contribution in [0.1, 0.15) is 24.0 Å². The van der Waals surface area contributed by atoms with Crippen molar-refractivity contribution in [2.45, 2.75) is 24.9 Å². The lowest BCUT2D eigenvalue weighted by Crippen LogP contribution is -2.46. The van der Waals surface area contributed by atoms with E-state index < -0.39 is 0 Å². The zero-order chi connectivity index (χ0) is 13.7. The molecule has 0 unspecified atom stereocenters. The Balaban J connectivity index is 1.89. The molecule has 0 radical (unpaired) electrons. The zero-order valence-electron chi connectivity index (χ0n) is 11.7. The lowest BCUT2D eigenvalue weighted by Gasteiger charge is -2.39. The third-order valence-corrected chi connectivity index (χ3v) is 5.06. The molecule has 2 aromatic carbocycles. The highest BCUT2D eigenvalue weighted by molar-refractivity contribution is 5.88. The van der Waals surface area contributed by atoms with Gasteiger partial charge in [-0.15, -0.1) is 0 Å². The first-order valence-electron chi connectivity index (χ1n) is 7.34. The Morgan fingerprint density at radius 1 is 1.15 bits per heavy atom. The van der Waals surface area contributed by atoms with Crippen LogP contribution in [0, 0.1) is 5.82 Å². The smallest absolute Gasteiger partial charge is 0.131 e. The van der Waals surface area contributed by atoms with Crippen molar-refractivity contribution in [1.29, 1.82) is 0 Å². The molecule has 1 fully saturated rings. The lowest BCUT2D eigenvalue weighted by molar-refractivity contribution is 0.166. The Kier molecular flexibility index (Phi) is 2.63. The van der Waals surface area contributed by atoms with E-state index in [1.807, 2.05) is 6.07 Å². The first-order chi connectivity index (χ1) is 9.70. The monoisotopic (exact) mass is 270 g/mol. The van der Waals surface area contributed by atoms with Crippen LogP contribution in [0.2, 0.25) is 0 Å². The minimum absolute atomic E-state index is 0.0678. The van der Waals surface area contributed by atoms with Gasteiger partial charge in [0.05, 0.1) is 0 Å². The first kappa shape index (κ1) is 12.3. The van der Waals surface area contributed by atoms with Gasteiger partial charge in [-0.1, -0.05) is 24.3 Å². The summed E-state index contributed by atoms with van der Waals surface area (Å²) in [5.74, 6) is -0.0915. The molecule has 4 rings (SSSR count). The minimum atomic E-state index is -0.0915. The van der Waals surface area contributed by atoms with Crippen LogP contribution in [0.5, 0.6) is 0 Å². The van der Waals surface area contributed by atoms with Gasteiger partial charge in [-0.05, 0) is 55.6 Å². The van der Waals surface area contributed by atoms with Crippen molar-refractivity contribution in [2.24, 2.45) is 0 Å². The maximum Gasteiger partial charge on any atom is 0.131 e. The van der Waals surface area contributed by atoms with E-state index in [0.717, 1.165) is 43.2 Å². The molecule has 0 saturated carbocycles. The predicted molar refractivity (Wildman–Crippen MR) is 79.2 cm³/mol.